The quantitative estimate of drug-likeness (QED) is 0.571. The van der Waals surface area contributed by atoms with Crippen LogP contribution in [-0.2, 0) is 17.8 Å². The number of guanidine groups is 1. The molecule has 0 aliphatic heterocycles. The highest BCUT2D eigenvalue weighted by Crippen LogP contribution is 2.16. The number of likely N-dealkylation sites (N-methyl/N-ethyl adjacent to an activating group) is 1. The van der Waals surface area contributed by atoms with Gasteiger partial charge in [-0.1, -0.05) is 6.07 Å². The molecular formula is C17H25N5OS2. The summed E-state index contributed by atoms with van der Waals surface area (Å²) < 4.78 is 0. The largest absolute Gasteiger partial charge is 0.356 e. The van der Waals surface area contributed by atoms with Gasteiger partial charge in [-0.25, -0.2) is 9.98 Å². The molecule has 0 radical (unpaired) electrons. The van der Waals surface area contributed by atoms with Crippen LogP contribution in [0.5, 0.6) is 0 Å². The first kappa shape index (κ1) is 19.4. The third kappa shape index (κ3) is 6.47. The number of thiophene rings is 1. The van der Waals surface area contributed by atoms with Gasteiger partial charge >= 0.3 is 0 Å². The predicted molar refractivity (Wildman–Crippen MR) is 105 cm³/mol. The highest BCUT2D eigenvalue weighted by Gasteiger charge is 2.07. The van der Waals surface area contributed by atoms with E-state index in [1.165, 1.54) is 9.75 Å². The van der Waals surface area contributed by atoms with Crippen molar-refractivity contribution in [3.63, 3.8) is 0 Å². The molecule has 2 aromatic rings. The zero-order chi connectivity index (χ0) is 18.2. The number of carbonyl (C=O) groups excluding carboxylic acids is 1. The van der Waals surface area contributed by atoms with Gasteiger partial charge in [0.25, 0.3) is 0 Å². The Morgan fingerprint density at radius 3 is 2.72 bits per heavy atom. The van der Waals surface area contributed by atoms with Gasteiger partial charge in [0.1, 0.15) is 6.54 Å². The minimum Gasteiger partial charge on any atom is -0.356 e. The minimum absolute atomic E-state index is 0.0246. The maximum atomic E-state index is 11.8. The molecule has 0 saturated carbocycles. The topological polar surface area (TPSA) is 69.6 Å². The lowest BCUT2D eigenvalue weighted by Gasteiger charge is -2.13. The molecular weight excluding hydrogens is 354 g/mol. The van der Waals surface area contributed by atoms with E-state index in [4.69, 9.17) is 0 Å². The standard InChI is InChI=1S/C17H25N5OS2/c1-12-13(2)25-15(21-12)7-8-18-17(20-11-16(23)22(3)4)19-10-14-6-5-9-24-14/h5-6,9H,7-8,10-11H2,1-4H3,(H2,18,19,20). The van der Waals surface area contributed by atoms with E-state index in [-0.39, 0.29) is 12.5 Å². The summed E-state index contributed by atoms with van der Waals surface area (Å²) in [5.74, 6) is 0.622. The molecule has 0 aliphatic carbocycles. The Morgan fingerprint density at radius 2 is 2.12 bits per heavy atom. The fourth-order valence-electron chi connectivity index (χ4n) is 1.98. The molecule has 0 aromatic carbocycles. The fourth-order valence-corrected chi connectivity index (χ4v) is 3.56. The molecule has 0 atom stereocenters. The second-order valence-corrected chi connectivity index (χ2v) is 8.13. The highest BCUT2D eigenvalue weighted by atomic mass is 32.1. The van der Waals surface area contributed by atoms with E-state index in [0.29, 0.717) is 12.5 Å². The lowest BCUT2D eigenvalue weighted by Crippen LogP contribution is -2.39. The Hall–Kier alpha value is -1.93. The van der Waals surface area contributed by atoms with E-state index in [1.54, 1.807) is 41.7 Å². The van der Waals surface area contributed by atoms with Crippen molar-refractivity contribution < 1.29 is 4.79 Å². The number of thiazole rings is 1. The molecule has 0 unspecified atom stereocenters. The van der Waals surface area contributed by atoms with Crippen LogP contribution < -0.4 is 10.6 Å². The molecule has 2 heterocycles. The van der Waals surface area contributed by atoms with E-state index in [0.717, 1.165) is 23.7 Å². The smallest absolute Gasteiger partial charge is 0.243 e. The van der Waals surface area contributed by atoms with E-state index >= 15 is 0 Å². The molecule has 1 amide bonds. The van der Waals surface area contributed by atoms with E-state index < -0.39 is 0 Å². The van der Waals surface area contributed by atoms with Crippen LogP contribution in [0.25, 0.3) is 0 Å². The van der Waals surface area contributed by atoms with E-state index in [2.05, 4.69) is 33.6 Å². The fraction of sp³-hybridized carbons (Fsp3) is 0.471. The lowest BCUT2D eigenvalue weighted by molar-refractivity contribution is -0.127. The van der Waals surface area contributed by atoms with Crippen LogP contribution in [0.1, 0.15) is 20.5 Å². The Bertz CT molecular complexity index is 687. The summed E-state index contributed by atoms with van der Waals surface area (Å²) in [6.45, 7) is 5.66. The number of nitrogens with one attached hydrogen (secondary N) is 2. The summed E-state index contributed by atoms with van der Waals surface area (Å²) in [4.78, 5) is 24.7. The molecule has 6 nitrogen and oxygen atoms in total. The predicted octanol–water partition coefficient (Wildman–Crippen LogP) is 2.19. The molecule has 2 aromatic heterocycles. The summed E-state index contributed by atoms with van der Waals surface area (Å²) in [6.07, 6.45) is 0.834. The maximum absolute atomic E-state index is 11.8. The SMILES string of the molecule is Cc1nc(CCNC(=NCC(=O)N(C)C)NCc2cccs2)sc1C. The van der Waals surface area contributed by atoms with Gasteiger partial charge in [0.05, 0.1) is 17.2 Å². The van der Waals surface area contributed by atoms with Crippen LogP contribution in [0.3, 0.4) is 0 Å². The molecule has 136 valence electrons. The lowest BCUT2D eigenvalue weighted by atomic mass is 10.4. The van der Waals surface area contributed by atoms with Crippen molar-refractivity contribution in [2.75, 3.05) is 27.2 Å². The minimum atomic E-state index is -0.0246. The molecule has 0 saturated heterocycles. The van der Waals surface area contributed by atoms with Crippen LogP contribution in [0.15, 0.2) is 22.5 Å². The maximum Gasteiger partial charge on any atom is 0.243 e. The number of amides is 1. The van der Waals surface area contributed by atoms with Gasteiger partial charge < -0.3 is 15.5 Å². The molecule has 25 heavy (non-hydrogen) atoms. The first-order valence-corrected chi connectivity index (χ1v) is 9.83. The molecule has 0 aliphatic rings. The zero-order valence-electron chi connectivity index (χ0n) is 15.1. The Morgan fingerprint density at radius 1 is 1.32 bits per heavy atom. The summed E-state index contributed by atoms with van der Waals surface area (Å²) >= 11 is 3.42. The average molecular weight is 380 g/mol. The van der Waals surface area contributed by atoms with Crippen molar-refractivity contribution in [3.05, 3.63) is 38.0 Å². The number of carbonyl (C=O) groups is 1. The first-order chi connectivity index (χ1) is 12.0. The van der Waals surface area contributed by atoms with Crippen LogP contribution in [0.2, 0.25) is 0 Å². The van der Waals surface area contributed by atoms with Gasteiger partial charge in [-0.2, -0.15) is 0 Å². The molecule has 2 N–H and O–H groups in total. The molecule has 0 fully saturated rings. The number of nitrogens with zero attached hydrogens (tertiary/aromatic N) is 3. The Kier molecular flexibility index (Phi) is 7.39. The second kappa shape index (κ2) is 9.53. The summed E-state index contributed by atoms with van der Waals surface area (Å²) in [5, 5.41) is 9.73. The first-order valence-electron chi connectivity index (χ1n) is 8.13. The van der Waals surface area contributed by atoms with Crippen LogP contribution in [0.4, 0.5) is 0 Å². The average Bonchev–Trinajstić information content (AvgIpc) is 3.19. The van der Waals surface area contributed by atoms with E-state index in [9.17, 15) is 4.79 Å². The summed E-state index contributed by atoms with van der Waals surface area (Å²) in [6, 6.07) is 4.09. The third-order valence-electron chi connectivity index (χ3n) is 3.59. The van der Waals surface area contributed by atoms with Crippen LogP contribution in [-0.4, -0.2) is 48.9 Å². The summed E-state index contributed by atoms with van der Waals surface area (Å²) in [5.41, 5.74) is 1.10. The number of aliphatic imine (C=N–C) groups is 1. The third-order valence-corrected chi connectivity index (χ3v) is 5.59. The van der Waals surface area contributed by atoms with Gasteiger partial charge in [0.2, 0.25) is 5.91 Å². The van der Waals surface area contributed by atoms with Gasteiger partial charge in [0.15, 0.2) is 5.96 Å². The number of aryl methyl sites for hydroxylation is 2. The number of aromatic nitrogens is 1. The molecule has 0 bridgehead atoms. The zero-order valence-corrected chi connectivity index (χ0v) is 16.8. The number of rotatable bonds is 7. The molecule has 0 spiro atoms. The van der Waals surface area contributed by atoms with Gasteiger partial charge in [-0.05, 0) is 25.3 Å². The van der Waals surface area contributed by atoms with Crippen molar-refractivity contribution in [2.24, 2.45) is 4.99 Å². The van der Waals surface area contributed by atoms with Crippen molar-refractivity contribution in [3.8, 4) is 0 Å². The highest BCUT2D eigenvalue weighted by molar-refractivity contribution is 7.11. The van der Waals surface area contributed by atoms with Crippen molar-refractivity contribution in [1.82, 2.24) is 20.5 Å². The van der Waals surface area contributed by atoms with E-state index in [1.807, 2.05) is 18.4 Å². The van der Waals surface area contributed by atoms with Crippen molar-refractivity contribution >= 4 is 34.5 Å². The van der Waals surface area contributed by atoms with Crippen molar-refractivity contribution in [2.45, 2.75) is 26.8 Å². The molecule has 2 rings (SSSR count). The Labute approximate surface area is 157 Å². The van der Waals surface area contributed by atoms with Crippen LogP contribution in [0, 0.1) is 13.8 Å². The normalized spacial score (nSPS) is 11.4. The Balaban J connectivity index is 1.90. The van der Waals surface area contributed by atoms with Crippen molar-refractivity contribution in [1.29, 1.82) is 0 Å². The number of hydrogen-bond acceptors (Lipinski definition) is 5. The van der Waals surface area contributed by atoms with Crippen LogP contribution >= 0.6 is 22.7 Å². The monoisotopic (exact) mass is 379 g/mol. The number of hydrogen-bond donors (Lipinski definition) is 2. The van der Waals surface area contributed by atoms with Gasteiger partial charge in [-0.15, -0.1) is 22.7 Å². The van der Waals surface area contributed by atoms with Gasteiger partial charge in [0, 0.05) is 36.8 Å². The summed E-state index contributed by atoms with van der Waals surface area (Å²) in [7, 11) is 3.47. The van der Waals surface area contributed by atoms with Gasteiger partial charge in [-0.3, -0.25) is 4.79 Å². The second-order valence-electron chi connectivity index (χ2n) is 5.81. The molecule has 8 heteroatoms.